The average Bonchev–Trinajstić information content (AvgIpc) is 3.04. The molecule has 1 N–H and O–H groups in total. The van der Waals surface area contributed by atoms with Crippen molar-refractivity contribution in [3.63, 3.8) is 0 Å². The highest BCUT2D eigenvalue weighted by atomic mass is 16.5. The van der Waals surface area contributed by atoms with Crippen LogP contribution in [0, 0.1) is 6.92 Å². The van der Waals surface area contributed by atoms with E-state index in [0.29, 0.717) is 47.9 Å². The molecule has 1 aliphatic rings. The summed E-state index contributed by atoms with van der Waals surface area (Å²) in [7, 11) is 3.02. The number of para-hydroxylation sites is 1. The molecule has 0 bridgehead atoms. The molecule has 1 aliphatic heterocycles. The first kappa shape index (κ1) is 23.2. The summed E-state index contributed by atoms with van der Waals surface area (Å²) in [6.07, 6.45) is 0.651. The molecule has 32 heavy (non-hydrogen) atoms. The second kappa shape index (κ2) is 9.77. The highest BCUT2D eigenvalue weighted by Gasteiger charge is 2.47. The van der Waals surface area contributed by atoms with E-state index in [1.165, 1.54) is 19.1 Å². The van der Waals surface area contributed by atoms with Gasteiger partial charge in [-0.2, -0.15) is 0 Å². The van der Waals surface area contributed by atoms with Gasteiger partial charge in [-0.15, -0.1) is 0 Å². The number of rotatable bonds is 8. The maximum atomic E-state index is 13.1. The van der Waals surface area contributed by atoms with Crippen LogP contribution in [-0.4, -0.2) is 49.1 Å². The summed E-state index contributed by atoms with van der Waals surface area (Å²) in [5.74, 6) is -0.0199. The van der Waals surface area contributed by atoms with Crippen LogP contribution in [0.3, 0.4) is 0 Å². The molecule has 1 heterocycles. The molecule has 0 saturated carbocycles. The van der Waals surface area contributed by atoms with Crippen molar-refractivity contribution in [2.75, 3.05) is 27.4 Å². The third kappa shape index (κ3) is 4.02. The summed E-state index contributed by atoms with van der Waals surface area (Å²) < 4.78 is 16.6. The number of aliphatic hydroxyl groups excluding tert-OH is 1. The zero-order valence-corrected chi connectivity index (χ0v) is 19.1. The third-order valence-corrected chi connectivity index (χ3v) is 5.48. The highest BCUT2D eigenvalue weighted by molar-refractivity contribution is 6.46. The Morgan fingerprint density at radius 1 is 1.06 bits per heavy atom. The number of ketones is 1. The summed E-state index contributed by atoms with van der Waals surface area (Å²) in [5.41, 5.74) is 1.85. The Hall–Kier alpha value is -3.48. The van der Waals surface area contributed by atoms with Crippen molar-refractivity contribution >= 4 is 17.4 Å². The van der Waals surface area contributed by atoms with Crippen LogP contribution in [0.15, 0.2) is 42.0 Å². The van der Waals surface area contributed by atoms with Crippen LogP contribution in [0.5, 0.6) is 17.2 Å². The maximum Gasteiger partial charge on any atom is 0.295 e. The predicted octanol–water partition coefficient (Wildman–Crippen LogP) is 4.24. The number of carbonyl (C=O) groups excluding carboxylic acids is 2. The number of methoxy groups -OCH3 is 2. The number of aliphatic hydroxyl groups is 1. The number of aryl methyl sites for hydroxylation is 1. The van der Waals surface area contributed by atoms with Gasteiger partial charge < -0.3 is 24.2 Å². The number of amides is 1. The van der Waals surface area contributed by atoms with E-state index in [2.05, 4.69) is 0 Å². The minimum absolute atomic E-state index is 0.0264. The minimum Gasteiger partial charge on any atom is -0.507 e. The van der Waals surface area contributed by atoms with E-state index < -0.39 is 17.7 Å². The molecule has 0 spiro atoms. The van der Waals surface area contributed by atoms with Gasteiger partial charge in [0.25, 0.3) is 11.7 Å². The fourth-order valence-corrected chi connectivity index (χ4v) is 4.07. The van der Waals surface area contributed by atoms with Crippen LogP contribution >= 0.6 is 0 Å². The lowest BCUT2D eigenvalue weighted by Gasteiger charge is -2.26. The molecular weight excluding hydrogens is 410 g/mol. The molecule has 1 fully saturated rings. The first-order valence-electron chi connectivity index (χ1n) is 10.6. The monoisotopic (exact) mass is 439 g/mol. The molecule has 0 aromatic heterocycles. The molecule has 3 rings (SSSR count). The van der Waals surface area contributed by atoms with Crippen LogP contribution in [0.25, 0.3) is 5.76 Å². The van der Waals surface area contributed by atoms with Crippen molar-refractivity contribution in [3.05, 3.63) is 58.7 Å². The topological polar surface area (TPSA) is 85.3 Å². The van der Waals surface area contributed by atoms with Crippen molar-refractivity contribution in [2.45, 2.75) is 33.2 Å². The molecule has 2 aromatic carbocycles. The van der Waals surface area contributed by atoms with Crippen LogP contribution in [-0.2, 0) is 9.59 Å². The lowest BCUT2D eigenvalue weighted by molar-refractivity contribution is -0.139. The van der Waals surface area contributed by atoms with Crippen molar-refractivity contribution in [1.29, 1.82) is 0 Å². The van der Waals surface area contributed by atoms with Crippen molar-refractivity contribution in [3.8, 4) is 17.2 Å². The van der Waals surface area contributed by atoms with E-state index in [-0.39, 0.29) is 11.3 Å². The SMILES string of the molecule is CCCN1C(=O)C(=O)/C(=C(/O)c2ccc(OCC)c(C)c2)C1c1cccc(OC)c1OC. The first-order chi connectivity index (χ1) is 15.4. The molecule has 1 amide bonds. The van der Waals surface area contributed by atoms with E-state index in [4.69, 9.17) is 14.2 Å². The summed E-state index contributed by atoms with van der Waals surface area (Å²) >= 11 is 0. The summed E-state index contributed by atoms with van der Waals surface area (Å²) in [6.45, 7) is 6.55. The summed E-state index contributed by atoms with van der Waals surface area (Å²) in [4.78, 5) is 27.5. The van der Waals surface area contributed by atoms with Crippen molar-refractivity contribution in [2.24, 2.45) is 0 Å². The van der Waals surface area contributed by atoms with Crippen LogP contribution in [0.2, 0.25) is 0 Å². The summed E-state index contributed by atoms with van der Waals surface area (Å²) in [5, 5.41) is 11.2. The van der Waals surface area contributed by atoms with E-state index in [0.717, 1.165) is 5.56 Å². The average molecular weight is 440 g/mol. The van der Waals surface area contributed by atoms with Gasteiger partial charge in [0.1, 0.15) is 11.5 Å². The van der Waals surface area contributed by atoms with Gasteiger partial charge in [-0.3, -0.25) is 9.59 Å². The fourth-order valence-electron chi connectivity index (χ4n) is 4.07. The van der Waals surface area contributed by atoms with Gasteiger partial charge in [-0.1, -0.05) is 19.1 Å². The summed E-state index contributed by atoms with van der Waals surface area (Å²) in [6, 6.07) is 9.66. The number of hydrogen-bond donors (Lipinski definition) is 1. The van der Waals surface area contributed by atoms with Gasteiger partial charge in [0.2, 0.25) is 0 Å². The number of hydrogen-bond acceptors (Lipinski definition) is 6. The molecule has 2 aromatic rings. The fraction of sp³-hybridized carbons (Fsp3) is 0.360. The van der Waals surface area contributed by atoms with Gasteiger partial charge in [-0.05, 0) is 50.1 Å². The van der Waals surface area contributed by atoms with Gasteiger partial charge >= 0.3 is 0 Å². The van der Waals surface area contributed by atoms with E-state index in [1.807, 2.05) is 20.8 Å². The molecule has 7 heteroatoms. The standard InChI is InChI=1S/C25H29NO6/c1-6-13-26-21(17-9-8-10-19(30-4)24(17)31-5)20(23(28)25(26)29)22(27)16-11-12-18(32-7-2)15(3)14-16/h8-12,14,21,27H,6-7,13H2,1-5H3/b22-20+. The molecule has 0 aliphatic carbocycles. The van der Waals surface area contributed by atoms with Gasteiger partial charge in [-0.25, -0.2) is 0 Å². The molecule has 170 valence electrons. The van der Waals surface area contributed by atoms with Crippen LogP contribution in [0.4, 0.5) is 0 Å². The van der Waals surface area contributed by atoms with Crippen molar-refractivity contribution < 1.29 is 28.9 Å². The molecule has 0 radical (unpaired) electrons. The lowest BCUT2D eigenvalue weighted by Crippen LogP contribution is -2.30. The number of benzene rings is 2. The molecule has 1 unspecified atom stereocenters. The van der Waals surface area contributed by atoms with Gasteiger partial charge in [0, 0.05) is 17.7 Å². The quantitative estimate of drug-likeness (QED) is 0.376. The van der Waals surface area contributed by atoms with E-state index in [1.54, 1.807) is 36.4 Å². The molecular formula is C25H29NO6. The number of carbonyl (C=O) groups is 2. The largest absolute Gasteiger partial charge is 0.507 e. The first-order valence-corrected chi connectivity index (χ1v) is 10.6. The second-order valence-electron chi connectivity index (χ2n) is 7.49. The normalized spacial score (nSPS) is 17.5. The molecule has 1 saturated heterocycles. The van der Waals surface area contributed by atoms with Crippen LogP contribution in [0.1, 0.15) is 43.0 Å². The number of likely N-dealkylation sites (tertiary alicyclic amines) is 1. The maximum absolute atomic E-state index is 13.1. The Balaban J connectivity index is 2.24. The van der Waals surface area contributed by atoms with E-state index >= 15 is 0 Å². The second-order valence-corrected chi connectivity index (χ2v) is 7.49. The Morgan fingerprint density at radius 2 is 1.81 bits per heavy atom. The number of ether oxygens (including phenoxy) is 3. The molecule has 7 nitrogen and oxygen atoms in total. The van der Waals surface area contributed by atoms with Gasteiger partial charge in [0.15, 0.2) is 11.5 Å². The number of Topliss-reactive ketones (excluding diaryl/α,β-unsaturated/α-hetero) is 1. The van der Waals surface area contributed by atoms with E-state index in [9.17, 15) is 14.7 Å². The van der Waals surface area contributed by atoms with Gasteiger partial charge in [0.05, 0.1) is 32.4 Å². The predicted molar refractivity (Wildman–Crippen MR) is 121 cm³/mol. The minimum atomic E-state index is -0.799. The smallest absolute Gasteiger partial charge is 0.295 e. The Morgan fingerprint density at radius 3 is 2.41 bits per heavy atom. The van der Waals surface area contributed by atoms with Crippen molar-refractivity contribution in [1.82, 2.24) is 4.90 Å². The zero-order valence-electron chi connectivity index (χ0n) is 19.1. The Bertz CT molecular complexity index is 1060. The lowest BCUT2D eigenvalue weighted by atomic mass is 9.94. The number of nitrogens with zero attached hydrogens (tertiary/aromatic N) is 1. The third-order valence-electron chi connectivity index (χ3n) is 5.48. The Labute approximate surface area is 188 Å². The highest BCUT2D eigenvalue weighted by Crippen LogP contribution is 2.45. The zero-order chi connectivity index (χ0) is 23.4. The molecule has 1 atom stereocenters. The Kier molecular flexibility index (Phi) is 7.08. The van der Waals surface area contributed by atoms with Crippen LogP contribution < -0.4 is 14.2 Å².